The van der Waals surface area contributed by atoms with E-state index in [0.717, 1.165) is 11.1 Å². The molecule has 244 valence electrons. The lowest BCUT2D eigenvalue weighted by molar-refractivity contribution is -0.201. The number of halogens is 1. The zero-order chi connectivity index (χ0) is 33.0. The fourth-order valence-electron chi connectivity index (χ4n) is 5.05. The molecule has 0 aliphatic carbocycles. The molecule has 0 spiro atoms. The summed E-state index contributed by atoms with van der Waals surface area (Å²) in [7, 11) is 4.66. The first kappa shape index (κ1) is 35.3. The predicted molar refractivity (Wildman–Crippen MR) is 165 cm³/mol. The molecule has 1 aromatic rings. The molecule has 1 saturated heterocycles. The molecule has 6 atom stereocenters. The average molecular weight is 638 g/mol. The molecule has 0 radical (unpaired) electrons. The first-order chi connectivity index (χ1) is 20.5. The molecule has 44 heavy (non-hydrogen) atoms. The molecular formula is C31H44ClN3O9. The van der Waals surface area contributed by atoms with E-state index in [-0.39, 0.29) is 17.9 Å². The van der Waals surface area contributed by atoms with Crippen LogP contribution in [0.15, 0.2) is 35.9 Å². The van der Waals surface area contributed by atoms with Crippen molar-refractivity contribution in [1.29, 1.82) is 0 Å². The lowest BCUT2D eigenvalue weighted by Crippen LogP contribution is -2.64. The Bertz CT molecular complexity index is 1300. The fraction of sp³-hybridized carbons (Fsp3) is 0.581. The maximum absolute atomic E-state index is 13.8. The van der Waals surface area contributed by atoms with Gasteiger partial charge >= 0.3 is 12.1 Å². The SMILES string of the molecule is CN[C@@H](C)C(=O)O[C@H]1CC(=O)N(C)c2cc(cc(OC)c2Cl)C/C(C)=C/C=C/[C@@H](O)[C@@]2(O)C[C@H](OC(=O)N2)[C@@H](C)OC1(C)C. The number of likely N-dealkylation sites (N-methyl/N-ethyl adjacent to an activating group) is 1. The van der Waals surface area contributed by atoms with Gasteiger partial charge in [0, 0.05) is 13.5 Å². The molecule has 13 heteroatoms. The van der Waals surface area contributed by atoms with Crippen LogP contribution in [0.1, 0.15) is 53.0 Å². The number of alkyl carbamates (subject to hydrolysis) is 1. The largest absolute Gasteiger partial charge is 0.495 e. The molecule has 0 aromatic heterocycles. The average Bonchev–Trinajstić information content (AvgIpc) is 2.95. The first-order valence-corrected chi connectivity index (χ1v) is 14.8. The normalized spacial score (nSPS) is 30.7. The third-order valence-corrected chi connectivity index (χ3v) is 8.34. The van der Waals surface area contributed by atoms with Crippen LogP contribution in [0, 0.1) is 0 Å². The molecule has 2 heterocycles. The molecule has 2 aliphatic heterocycles. The third kappa shape index (κ3) is 8.30. The summed E-state index contributed by atoms with van der Waals surface area (Å²) in [4.78, 5) is 40.5. The molecule has 0 saturated carbocycles. The van der Waals surface area contributed by atoms with Crippen LogP contribution < -0.4 is 20.3 Å². The Morgan fingerprint density at radius 3 is 2.61 bits per heavy atom. The number of nitrogens with zero attached hydrogens (tertiary/aromatic N) is 1. The maximum atomic E-state index is 13.8. The maximum Gasteiger partial charge on any atom is 0.409 e. The van der Waals surface area contributed by atoms with Gasteiger partial charge in [0.1, 0.15) is 40.7 Å². The van der Waals surface area contributed by atoms with E-state index in [1.165, 1.54) is 18.1 Å². The van der Waals surface area contributed by atoms with Crippen LogP contribution in [0.3, 0.4) is 0 Å². The van der Waals surface area contributed by atoms with Gasteiger partial charge in [0.25, 0.3) is 0 Å². The van der Waals surface area contributed by atoms with Crippen LogP contribution in [-0.2, 0) is 30.2 Å². The predicted octanol–water partition coefficient (Wildman–Crippen LogP) is 3.01. The summed E-state index contributed by atoms with van der Waals surface area (Å²) in [5.41, 5.74) is -1.26. The highest BCUT2D eigenvalue weighted by molar-refractivity contribution is 6.35. The van der Waals surface area contributed by atoms with Crippen LogP contribution >= 0.6 is 11.6 Å². The van der Waals surface area contributed by atoms with Gasteiger partial charge in [0.05, 0.1) is 25.3 Å². The summed E-state index contributed by atoms with van der Waals surface area (Å²) in [5, 5.41) is 27.5. The lowest BCUT2D eigenvalue weighted by atomic mass is 9.93. The van der Waals surface area contributed by atoms with E-state index in [1.54, 1.807) is 66.1 Å². The molecule has 1 aromatic carbocycles. The van der Waals surface area contributed by atoms with Crippen molar-refractivity contribution in [2.45, 2.75) is 95.7 Å². The number of methoxy groups -OCH3 is 1. The Balaban J connectivity index is 2.12. The highest BCUT2D eigenvalue weighted by Crippen LogP contribution is 2.37. The van der Waals surface area contributed by atoms with Crippen molar-refractivity contribution in [2.75, 3.05) is 26.1 Å². The lowest BCUT2D eigenvalue weighted by Gasteiger charge is -2.43. The fourth-order valence-corrected chi connectivity index (χ4v) is 5.36. The zero-order valence-electron chi connectivity index (χ0n) is 26.5. The minimum Gasteiger partial charge on any atom is -0.495 e. The number of carbonyl (C=O) groups is 3. The molecule has 2 aliphatic rings. The van der Waals surface area contributed by atoms with E-state index in [0.29, 0.717) is 17.9 Å². The summed E-state index contributed by atoms with van der Waals surface area (Å²) in [5.74, 6) is -0.640. The van der Waals surface area contributed by atoms with Crippen LogP contribution in [0.4, 0.5) is 10.5 Å². The molecule has 3 rings (SSSR count). The van der Waals surface area contributed by atoms with E-state index in [2.05, 4.69) is 10.6 Å². The molecular weight excluding hydrogens is 594 g/mol. The highest BCUT2D eigenvalue weighted by Gasteiger charge is 2.48. The van der Waals surface area contributed by atoms with Crippen molar-refractivity contribution in [3.63, 3.8) is 0 Å². The van der Waals surface area contributed by atoms with Gasteiger partial charge in [-0.25, -0.2) is 4.79 Å². The Kier molecular flexibility index (Phi) is 11.5. The Hall–Kier alpha value is -3.16. The summed E-state index contributed by atoms with van der Waals surface area (Å²) < 4.78 is 23.1. The van der Waals surface area contributed by atoms with Crippen LogP contribution in [0.25, 0.3) is 0 Å². The Morgan fingerprint density at radius 1 is 1.30 bits per heavy atom. The van der Waals surface area contributed by atoms with Gasteiger partial charge in [-0.05, 0) is 65.8 Å². The number of ether oxygens (including phenoxy) is 4. The summed E-state index contributed by atoms with van der Waals surface area (Å²) >= 11 is 6.66. The number of amides is 2. The Labute approximate surface area is 263 Å². The number of anilines is 1. The first-order valence-electron chi connectivity index (χ1n) is 14.4. The minimum atomic E-state index is -2.05. The van der Waals surface area contributed by atoms with Crippen LogP contribution in [-0.4, -0.2) is 91.2 Å². The van der Waals surface area contributed by atoms with Gasteiger partial charge in [0.2, 0.25) is 5.91 Å². The van der Waals surface area contributed by atoms with Gasteiger partial charge in [-0.1, -0.05) is 35.4 Å². The van der Waals surface area contributed by atoms with Crippen LogP contribution in [0.5, 0.6) is 5.75 Å². The van der Waals surface area contributed by atoms with Crippen molar-refractivity contribution in [3.8, 4) is 5.75 Å². The van der Waals surface area contributed by atoms with Gasteiger partial charge in [-0.2, -0.15) is 0 Å². The number of hydrogen-bond acceptors (Lipinski definition) is 10. The zero-order valence-corrected chi connectivity index (χ0v) is 27.2. The van der Waals surface area contributed by atoms with E-state index in [4.69, 9.17) is 30.5 Å². The van der Waals surface area contributed by atoms with Crippen molar-refractivity contribution in [3.05, 3.63) is 46.5 Å². The number of benzene rings is 1. The van der Waals surface area contributed by atoms with Gasteiger partial charge in [-0.15, -0.1) is 0 Å². The van der Waals surface area contributed by atoms with Crippen molar-refractivity contribution in [1.82, 2.24) is 10.6 Å². The monoisotopic (exact) mass is 637 g/mol. The number of esters is 1. The van der Waals surface area contributed by atoms with E-state index in [9.17, 15) is 24.6 Å². The highest BCUT2D eigenvalue weighted by atomic mass is 35.5. The second kappa shape index (κ2) is 14.3. The standard InChI is InChI=1S/C31H44ClN3O9/c1-17-10-9-11-24(36)31(40)16-23(42-29(39)34-31)19(3)44-30(4,5)25(43-28(38)18(2)33-6)15-26(37)35(7)21-13-20(12-17)14-22(41-8)27(21)32/h9-11,13-14,18-19,23-25,33,36,40H,12,15-16H2,1-8H3,(H,34,39)/b11-9+,17-10+/t18-,19+,23-,24+,25-,31-/m0/s1. The topological polar surface area (TPSA) is 156 Å². The van der Waals surface area contributed by atoms with E-state index < -0.39 is 59.8 Å². The summed E-state index contributed by atoms with van der Waals surface area (Å²) in [6, 6.07) is 2.87. The van der Waals surface area contributed by atoms with Crippen molar-refractivity contribution in [2.24, 2.45) is 0 Å². The van der Waals surface area contributed by atoms with Crippen LogP contribution in [0.2, 0.25) is 5.02 Å². The number of hydrogen-bond donors (Lipinski definition) is 4. The van der Waals surface area contributed by atoms with E-state index >= 15 is 0 Å². The minimum absolute atomic E-state index is 0.211. The van der Waals surface area contributed by atoms with Crippen molar-refractivity contribution < 1.29 is 43.5 Å². The number of nitrogens with one attached hydrogen (secondary N) is 2. The number of aliphatic hydroxyl groups is 2. The molecule has 12 nitrogen and oxygen atoms in total. The quantitative estimate of drug-likeness (QED) is 0.362. The second-order valence-electron chi connectivity index (χ2n) is 11.9. The number of fused-ring (bicyclic) bond motifs is 4. The smallest absolute Gasteiger partial charge is 0.409 e. The second-order valence-corrected chi connectivity index (χ2v) is 12.2. The molecule has 4 N–H and O–H groups in total. The molecule has 2 amide bonds. The number of aliphatic hydroxyl groups excluding tert-OH is 1. The molecule has 1 fully saturated rings. The van der Waals surface area contributed by atoms with Gasteiger partial charge in [0.15, 0.2) is 5.72 Å². The summed E-state index contributed by atoms with van der Waals surface area (Å²) in [6.45, 7) is 8.43. The number of allylic oxidation sites excluding steroid dienone is 3. The van der Waals surface area contributed by atoms with Gasteiger partial charge < -0.3 is 39.4 Å². The van der Waals surface area contributed by atoms with Crippen molar-refractivity contribution >= 4 is 35.3 Å². The number of carbonyl (C=O) groups excluding carboxylic acids is 3. The molecule has 4 bridgehead atoms. The van der Waals surface area contributed by atoms with E-state index in [1.807, 2.05) is 6.92 Å². The molecule has 0 unspecified atom stereocenters. The Morgan fingerprint density at radius 2 is 1.98 bits per heavy atom. The summed E-state index contributed by atoms with van der Waals surface area (Å²) in [6.07, 6.45) is -0.684. The van der Waals surface area contributed by atoms with Gasteiger partial charge in [-0.3, -0.25) is 14.9 Å². The third-order valence-electron chi connectivity index (χ3n) is 7.96. The number of rotatable bonds is 4.